The molecule has 1 saturated heterocycles. The first-order chi connectivity index (χ1) is 13.3. The zero-order valence-corrected chi connectivity index (χ0v) is 17.2. The van der Waals surface area contributed by atoms with Gasteiger partial charge in [-0.1, -0.05) is 30.3 Å². The second-order valence-corrected chi connectivity index (χ2v) is 7.60. The molecular formula is C21H29N3O4. The molecule has 3 rings (SSSR count). The van der Waals surface area contributed by atoms with Gasteiger partial charge in [-0.05, 0) is 32.4 Å². The number of hydrogen-bond donors (Lipinski definition) is 0. The van der Waals surface area contributed by atoms with Crippen LogP contribution in [0.2, 0.25) is 0 Å². The Bertz CT molecular complexity index is 803. The van der Waals surface area contributed by atoms with Gasteiger partial charge in [-0.25, -0.2) is 0 Å². The SMILES string of the molecule is CO[C@H](C(=O)N(Cc1cc(C)nn1C)C[C@@H]1COC(C)(C)O1)c1ccccc1. The average Bonchev–Trinajstić information content (AvgIpc) is 3.16. The molecule has 0 saturated carbocycles. The molecule has 2 atom stereocenters. The van der Waals surface area contributed by atoms with Crippen LogP contribution in [0.5, 0.6) is 0 Å². The lowest BCUT2D eigenvalue weighted by Gasteiger charge is -2.29. The molecule has 0 bridgehead atoms. The van der Waals surface area contributed by atoms with Gasteiger partial charge in [0.15, 0.2) is 11.9 Å². The molecule has 152 valence electrons. The Morgan fingerprint density at radius 1 is 1.39 bits per heavy atom. The molecule has 2 aromatic rings. The minimum atomic E-state index is -0.675. The smallest absolute Gasteiger partial charge is 0.256 e. The number of nitrogens with zero attached hydrogens (tertiary/aromatic N) is 3. The fourth-order valence-corrected chi connectivity index (χ4v) is 3.51. The van der Waals surface area contributed by atoms with Crippen molar-refractivity contribution >= 4 is 5.91 Å². The second kappa shape index (κ2) is 8.43. The predicted octanol–water partition coefficient (Wildman–Crippen LogP) is 2.60. The summed E-state index contributed by atoms with van der Waals surface area (Å²) in [5.41, 5.74) is 2.69. The van der Waals surface area contributed by atoms with Gasteiger partial charge in [0.25, 0.3) is 5.91 Å². The van der Waals surface area contributed by atoms with Gasteiger partial charge in [-0.3, -0.25) is 9.48 Å². The molecule has 0 spiro atoms. The van der Waals surface area contributed by atoms with Crippen molar-refractivity contribution < 1.29 is 19.0 Å². The lowest BCUT2D eigenvalue weighted by atomic mass is 10.1. The van der Waals surface area contributed by atoms with E-state index in [1.165, 1.54) is 0 Å². The maximum absolute atomic E-state index is 13.4. The van der Waals surface area contributed by atoms with Crippen molar-refractivity contribution in [1.29, 1.82) is 0 Å². The van der Waals surface area contributed by atoms with E-state index < -0.39 is 11.9 Å². The fourth-order valence-electron chi connectivity index (χ4n) is 3.51. The normalized spacial score (nSPS) is 19.5. The van der Waals surface area contributed by atoms with Crippen LogP contribution in [0.1, 0.15) is 36.9 Å². The molecule has 1 aromatic carbocycles. The summed E-state index contributed by atoms with van der Waals surface area (Å²) >= 11 is 0. The number of carbonyl (C=O) groups is 1. The van der Waals surface area contributed by atoms with Gasteiger partial charge in [0.1, 0.15) is 6.10 Å². The third kappa shape index (κ3) is 4.79. The van der Waals surface area contributed by atoms with Gasteiger partial charge < -0.3 is 19.1 Å². The number of hydrogen-bond acceptors (Lipinski definition) is 5. The Morgan fingerprint density at radius 3 is 2.64 bits per heavy atom. The Balaban J connectivity index is 1.83. The van der Waals surface area contributed by atoms with Gasteiger partial charge in [-0.15, -0.1) is 0 Å². The number of aromatic nitrogens is 2. The van der Waals surface area contributed by atoms with E-state index in [1.807, 2.05) is 64.2 Å². The minimum Gasteiger partial charge on any atom is -0.367 e. The van der Waals surface area contributed by atoms with Crippen molar-refractivity contribution in [2.75, 3.05) is 20.3 Å². The molecule has 0 aliphatic carbocycles. The lowest BCUT2D eigenvalue weighted by molar-refractivity contribution is -0.152. The Labute approximate surface area is 166 Å². The standard InChI is InChI=1S/C21H29N3O4/c1-15-11-17(23(4)22-15)12-24(13-18-14-27-21(2,3)28-18)20(25)19(26-5)16-9-7-6-8-10-16/h6-11,18-19H,12-14H2,1-5H3/t18-,19+/m1/s1. The van der Waals surface area contributed by atoms with E-state index >= 15 is 0 Å². The lowest BCUT2D eigenvalue weighted by Crippen LogP contribution is -2.41. The second-order valence-electron chi connectivity index (χ2n) is 7.60. The highest BCUT2D eigenvalue weighted by Gasteiger charge is 2.36. The van der Waals surface area contributed by atoms with E-state index in [9.17, 15) is 4.79 Å². The van der Waals surface area contributed by atoms with Crippen molar-refractivity contribution in [2.45, 2.75) is 45.3 Å². The van der Waals surface area contributed by atoms with Gasteiger partial charge in [0.05, 0.1) is 24.5 Å². The van der Waals surface area contributed by atoms with Crippen LogP contribution in [0.25, 0.3) is 0 Å². The van der Waals surface area contributed by atoms with Gasteiger partial charge in [0, 0.05) is 20.7 Å². The number of methoxy groups -OCH3 is 1. The van der Waals surface area contributed by atoms with Gasteiger partial charge >= 0.3 is 0 Å². The molecule has 7 heteroatoms. The number of carbonyl (C=O) groups excluding carboxylic acids is 1. The highest BCUT2D eigenvalue weighted by Crippen LogP contribution is 2.26. The summed E-state index contributed by atoms with van der Waals surface area (Å²) in [7, 11) is 3.44. The van der Waals surface area contributed by atoms with E-state index in [0.29, 0.717) is 19.7 Å². The molecule has 0 radical (unpaired) electrons. The van der Waals surface area contributed by atoms with E-state index in [4.69, 9.17) is 14.2 Å². The Hall–Kier alpha value is -2.22. The van der Waals surface area contributed by atoms with E-state index in [-0.39, 0.29) is 12.0 Å². The molecule has 1 fully saturated rings. The molecule has 2 heterocycles. The van der Waals surface area contributed by atoms with Crippen molar-refractivity contribution in [1.82, 2.24) is 14.7 Å². The molecule has 0 unspecified atom stereocenters. The number of benzene rings is 1. The predicted molar refractivity (Wildman–Crippen MR) is 104 cm³/mol. The van der Waals surface area contributed by atoms with Crippen molar-refractivity contribution in [3.05, 3.63) is 53.3 Å². The first-order valence-corrected chi connectivity index (χ1v) is 9.47. The summed E-state index contributed by atoms with van der Waals surface area (Å²) in [5.74, 6) is -0.747. The summed E-state index contributed by atoms with van der Waals surface area (Å²) in [5, 5.41) is 4.39. The molecule has 1 aliphatic rings. The molecule has 1 aliphatic heterocycles. The van der Waals surface area contributed by atoms with Crippen LogP contribution in [0.15, 0.2) is 36.4 Å². The Morgan fingerprint density at radius 2 is 2.11 bits per heavy atom. The highest BCUT2D eigenvalue weighted by atomic mass is 16.7. The number of rotatable bonds is 7. The van der Waals surface area contributed by atoms with E-state index in [2.05, 4.69) is 5.10 Å². The third-order valence-corrected chi connectivity index (χ3v) is 4.82. The minimum absolute atomic E-state index is 0.110. The summed E-state index contributed by atoms with van der Waals surface area (Å²) < 4.78 is 19.0. The molecular weight excluding hydrogens is 358 g/mol. The van der Waals surface area contributed by atoms with E-state index in [1.54, 1.807) is 16.7 Å². The van der Waals surface area contributed by atoms with Gasteiger partial charge in [-0.2, -0.15) is 5.10 Å². The van der Waals surface area contributed by atoms with Crippen LogP contribution < -0.4 is 0 Å². The number of amides is 1. The maximum atomic E-state index is 13.4. The van der Waals surface area contributed by atoms with Crippen LogP contribution in [0, 0.1) is 6.92 Å². The maximum Gasteiger partial charge on any atom is 0.256 e. The monoisotopic (exact) mass is 387 g/mol. The van der Waals surface area contributed by atoms with Crippen LogP contribution in [0.3, 0.4) is 0 Å². The third-order valence-electron chi connectivity index (χ3n) is 4.82. The number of ether oxygens (including phenoxy) is 3. The topological polar surface area (TPSA) is 65.8 Å². The van der Waals surface area contributed by atoms with E-state index in [0.717, 1.165) is 17.0 Å². The first kappa shape index (κ1) is 20.5. The zero-order valence-electron chi connectivity index (χ0n) is 17.2. The summed E-state index contributed by atoms with van der Waals surface area (Å²) in [4.78, 5) is 15.2. The quantitative estimate of drug-likeness (QED) is 0.731. The summed E-state index contributed by atoms with van der Waals surface area (Å²) in [6.45, 7) is 6.98. The van der Waals surface area contributed by atoms with Crippen molar-refractivity contribution in [2.24, 2.45) is 7.05 Å². The zero-order chi connectivity index (χ0) is 20.3. The highest BCUT2D eigenvalue weighted by molar-refractivity contribution is 5.82. The molecule has 1 aromatic heterocycles. The van der Waals surface area contributed by atoms with Crippen LogP contribution in [0.4, 0.5) is 0 Å². The van der Waals surface area contributed by atoms with Crippen LogP contribution in [-0.4, -0.2) is 52.7 Å². The summed E-state index contributed by atoms with van der Waals surface area (Å²) in [6, 6.07) is 11.5. The first-order valence-electron chi connectivity index (χ1n) is 9.47. The van der Waals surface area contributed by atoms with Crippen molar-refractivity contribution in [3.8, 4) is 0 Å². The number of aryl methyl sites for hydroxylation is 2. The van der Waals surface area contributed by atoms with Crippen LogP contribution in [-0.2, 0) is 32.6 Å². The summed E-state index contributed by atoms with van der Waals surface area (Å²) in [6.07, 6.45) is -0.868. The molecule has 1 amide bonds. The largest absolute Gasteiger partial charge is 0.367 e. The van der Waals surface area contributed by atoms with Gasteiger partial charge in [0.2, 0.25) is 0 Å². The average molecular weight is 387 g/mol. The molecule has 0 N–H and O–H groups in total. The Kier molecular flexibility index (Phi) is 6.17. The molecule has 28 heavy (non-hydrogen) atoms. The fraction of sp³-hybridized carbons (Fsp3) is 0.524. The van der Waals surface area contributed by atoms with Crippen molar-refractivity contribution in [3.63, 3.8) is 0 Å². The van der Waals surface area contributed by atoms with Crippen LogP contribution >= 0.6 is 0 Å². The molecule has 7 nitrogen and oxygen atoms in total.